The largest absolute Gasteiger partial charge is 0.450 e. The van der Waals surface area contributed by atoms with E-state index in [2.05, 4.69) is 20.4 Å². The SMILES string of the molecule is CCOC(=O)N[C@@H](CC(=O)N/N=C\c1cc(C)n(-c2ccc(Cl)cc2)c1C)c1ccccc1. The summed E-state index contributed by atoms with van der Waals surface area (Å²) < 4.78 is 7.05. The predicted molar refractivity (Wildman–Crippen MR) is 130 cm³/mol. The molecule has 172 valence electrons. The Kier molecular flexibility index (Phi) is 8.27. The Morgan fingerprint density at radius 3 is 2.48 bits per heavy atom. The number of rotatable bonds is 8. The third-order valence-corrected chi connectivity index (χ3v) is 5.36. The van der Waals surface area contributed by atoms with Crippen molar-refractivity contribution in [1.82, 2.24) is 15.3 Å². The molecule has 0 unspecified atom stereocenters. The maximum absolute atomic E-state index is 12.5. The van der Waals surface area contributed by atoms with Crippen molar-refractivity contribution in [3.05, 3.63) is 88.2 Å². The maximum Gasteiger partial charge on any atom is 0.407 e. The van der Waals surface area contributed by atoms with Crippen LogP contribution < -0.4 is 10.7 Å². The van der Waals surface area contributed by atoms with E-state index in [0.29, 0.717) is 5.02 Å². The van der Waals surface area contributed by atoms with Gasteiger partial charge in [-0.25, -0.2) is 10.2 Å². The van der Waals surface area contributed by atoms with E-state index in [9.17, 15) is 9.59 Å². The fourth-order valence-corrected chi connectivity index (χ4v) is 3.69. The molecule has 7 nitrogen and oxygen atoms in total. The minimum atomic E-state index is -0.572. The lowest BCUT2D eigenvalue weighted by Crippen LogP contribution is -2.33. The van der Waals surface area contributed by atoms with E-state index in [0.717, 1.165) is 28.2 Å². The monoisotopic (exact) mass is 466 g/mol. The van der Waals surface area contributed by atoms with Crippen LogP contribution in [0.5, 0.6) is 0 Å². The smallest absolute Gasteiger partial charge is 0.407 e. The molecule has 2 N–H and O–H groups in total. The second-order valence-corrected chi connectivity index (χ2v) is 7.90. The lowest BCUT2D eigenvalue weighted by Gasteiger charge is -2.18. The van der Waals surface area contributed by atoms with Crippen molar-refractivity contribution < 1.29 is 14.3 Å². The number of carbonyl (C=O) groups is 2. The molecule has 0 saturated heterocycles. The molecule has 0 aliphatic heterocycles. The molecule has 0 aliphatic rings. The number of alkyl carbamates (subject to hydrolysis) is 1. The fraction of sp³-hybridized carbons (Fsp3) is 0.240. The number of nitrogens with one attached hydrogen (secondary N) is 2. The molecule has 3 aromatic rings. The van der Waals surface area contributed by atoms with Crippen molar-refractivity contribution in [3.8, 4) is 5.69 Å². The van der Waals surface area contributed by atoms with Crippen LogP contribution in [0.4, 0.5) is 4.79 Å². The number of aromatic nitrogens is 1. The lowest BCUT2D eigenvalue weighted by atomic mass is 10.0. The first kappa shape index (κ1) is 24.1. The summed E-state index contributed by atoms with van der Waals surface area (Å²) in [5, 5.41) is 7.53. The Labute approximate surface area is 198 Å². The van der Waals surface area contributed by atoms with E-state index >= 15 is 0 Å². The fourth-order valence-electron chi connectivity index (χ4n) is 3.56. The molecule has 8 heteroatoms. The molecular weight excluding hydrogens is 440 g/mol. The topological polar surface area (TPSA) is 84.7 Å². The van der Waals surface area contributed by atoms with E-state index < -0.39 is 12.1 Å². The number of hydrogen-bond donors (Lipinski definition) is 2. The second kappa shape index (κ2) is 11.3. The zero-order valence-corrected chi connectivity index (χ0v) is 19.6. The summed E-state index contributed by atoms with van der Waals surface area (Å²) in [7, 11) is 0. The van der Waals surface area contributed by atoms with Crippen LogP contribution in [0, 0.1) is 13.8 Å². The number of nitrogens with zero attached hydrogens (tertiary/aromatic N) is 2. The molecule has 2 aromatic carbocycles. The Morgan fingerprint density at radius 2 is 1.82 bits per heavy atom. The first-order valence-corrected chi connectivity index (χ1v) is 11.0. The van der Waals surface area contributed by atoms with Gasteiger partial charge in [-0.2, -0.15) is 5.10 Å². The van der Waals surface area contributed by atoms with Crippen LogP contribution in [0.25, 0.3) is 5.69 Å². The molecule has 0 fully saturated rings. The number of aryl methyl sites for hydroxylation is 1. The molecule has 1 aromatic heterocycles. The minimum Gasteiger partial charge on any atom is -0.450 e. The summed E-state index contributed by atoms with van der Waals surface area (Å²) in [5.74, 6) is -0.330. The van der Waals surface area contributed by atoms with Gasteiger partial charge in [-0.05, 0) is 56.7 Å². The van der Waals surface area contributed by atoms with Crippen LogP contribution >= 0.6 is 11.6 Å². The highest BCUT2D eigenvalue weighted by Crippen LogP contribution is 2.21. The average Bonchev–Trinajstić information content (AvgIpc) is 3.08. The van der Waals surface area contributed by atoms with Crippen LogP contribution in [-0.4, -0.2) is 29.4 Å². The van der Waals surface area contributed by atoms with Crippen LogP contribution in [0.1, 0.15) is 41.9 Å². The highest BCUT2D eigenvalue weighted by molar-refractivity contribution is 6.30. The second-order valence-electron chi connectivity index (χ2n) is 7.46. The molecule has 0 spiro atoms. The van der Waals surface area contributed by atoms with Crippen LogP contribution in [0.2, 0.25) is 5.02 Å². The van der Waals surface area contributed by atoms with Crippen molar-refractivity contribution in [2.45, 2.75) is 33.2 Å². The van der Waals surface area contributed by atoms with Gasteiger partial charge in [0.1, 0.15) is 0 Å². The molecule has 1 atom stereocenters. The van der Waals surface area contributed by atoms with Crippen molar-refractivity contribution in [2.75, 3.05) is 6.61 Å². The number of carbonyl (C=O) groups excluding carboxylic acids is 2. The quantitative estimate of drug-likeness (QED) is 0.359. The van der Waals surface area contributed by atoms with E-state index in [1.807, 2.05) is 74.5 Å². The Morgan fingerprint density at radius 1 is 1.12 bits per heavy atom. The normalized spacial score (nSPS) is 11.9. The number of benzene rings is 2. The van der Waals surface area contributed by atoms with Gasteiger partial charge in [0.15, 0.2) is 0 Å². The molecule has 0 bridgehead atoms. The van der Waals surface area contributed by atoms with Gasteiger partial charge in [0.25, 0.3) is 0 Å². The van der Waals surface area contributed by atoms with Gasteiger partial charge in [0, 0.05) is 27.7 Å². The molecule has 3 rings (SSSR count). The average molecular weight is 467 g/mol. The van der Waals surface area contributed by atoms with Crippen LogP contribution in [-0.2, 0) is 9.53 Å². The predicted octanol–water partition coefficient (Wildman–Crippen LogP) is 5.08. The van der Waals surface area contributed by atoms with Gasteiger partial charge in [0.05, 0.1) is 25.3 Å². The third kappa shape index (κ3) is 6.46. The Hall–Kier alpha value is -3.58. The van der Waals surface area contributed by atoms with E-state index in [-0.39, 0.29) is 18.9 Å². The first-order valence-electron chi connectivity index (χ1n) is 10.6. The van der Waals surface area contributed by atoms with Gasteiger partial charge < -0.3 is 14.6 Å². The molecule has 0 radical (unpaired) electrons. The summed E-state index contributed by atoms with van der Waals surface area (Å²) in [5.41, 5.74) is 7.25. The number of hydrogen-bond acceptors (Lipinski definition) is 4. The highest BCUT2D eigenvalue weighted by Gasteiger charge is 2.19. The molecular formula is C25H27ClN4O3. The summed E-state index contributed by atoms with van der Waals surface area (Å²) in [6.07, 6.45) is 1.06. The Balaban J connectivity index is 1.68. The lowest BCUT2D eigenvalue weighted by molar-refractivity contribution is -0.121. The zero-order chi connectivity index (χ0) is 23.8. The number of hydrazone groups is 1. The number of ether oxygens (including phenoxy) is 1. The minimum absolute atomic E-state index is 0.0178. The molecule has 1 heterocycles. The first-order chi connectivity index (χ1) is 15.9. The third-order valence-electron chi connectivity index (χ3n) is 5.11. The summed E-state index contributed by atoms with van der Waals surface area (Å²) >= 11 is 6.00. The summed E-state index contributed by atoms with van der Waals surface area (Å²) in [6.45, 7) is 5.96. The van der Waals surface area contributed by atoms with Gasteiger partial charge in [-0.1, -0.05) is 41.9 Å². The van der Waals surface area contributed by atoms with E-state index in [1.165, 1.54) is 0 Å². The maximum atomic E-state index is 12.5. The standard InChI is InChI=1S/C25H27ClN4O3/c1-4-33-25(32)28-23(19-8-6-5-7-9-19)15-24(31)29-27-16-20-14-17(2)30(18(20)3)22-12-10-21(26)11-13-22/h5-14,16,23H,4,15H2,1-3H3,(H,28,32)(H,29,31)/b27-16-/t23-/m0/s1. The van der Waals surface area contributed by atoms with Gasteiger partial charge in [0.2, 0.25) is 5.91 Å². The van der Waals surface area contributed by atoms with Crippen LogP contribution in [0.15, 0.2) is 65.8 Å². The highest BCUT2D eigenvalue weighted by atomic mass is 35.5. The van der Waals surface area contributed by atoms with Gasteiger partial charge in [-0.3, -0.25) is 4.79 Å². The molecule has 0 aliphatic carbocycles. The van der Waals surface area contributed by atoms with E-state index in [1.54, 1.807) is 13.1 Å². The number of halogens is 1. The van der Waals surface area contributed by atoms with E-state index in [4.69, 9.17) is 16.3 Å². The van der Waals surface area contributed by atoms with Crippen molar-refractivity contribution in [1.29, 1.82) is 0 Å². The Bertz CT molecular complexity index is 1120. The van der Waals surface area contributed by atoms with Crippen molar-refractivity contribution >= 4 is 29.8 Å². The summed E-state index contributed by atoms with van der Waals surface area (Å²) in [4.78, 5) is 24.4. The van der Waals surface area contributed by atoms with Crippen molar-refractivity contribution in [2.24, 2.45) is 5.10 Å². The summed E-state index contributed by atoms with van der Waals surface area (Å²) in [6, 6.07) is 18.3. The van der Waals surface area contributed by atoms with Crippen molar-refractivity contribution in [3.63, 3.8) is 0 Å². The molecule has 33 heavy (non-hydrogen) atoms. The van der Waals surface area contributed by atoms with Gasteiger partial charge >= 0.3 is 6.09 Å². The molecule has 2 amide bonds. The molecule has 0 saturated carbocycles. The van der Waals surface area contributed by atoms with Crippen LogP contribution in [0.3, 0.4) is 0 Å². The van der Waals surface area contributed by atoms with Gasteiger partial charge in [-0.15, -0.1) is 0 Å². The number of amides is 2. The zero-order valence-electron chi connectivity index (χ0n) is 18.8.